The van der Waals surface area contributed by atoms with Gasteiger partial charge in [-0.1, -0.05) is 0 Å². The van der Waals surface area contributed by atoms with E-state index < -0.39 is 0 Å². The highest BCUT2D eigenvalue weighted by molar-refractivity contribution is 5.85. The Morgan fingerprint density at radius 3 is 2.57 bits per heavy atom. The van der Waals surface area contributed by atoms with Crippen molar-refractivity contribution in [2.75, 3.05) is 31.2 Å². The summed E-state index contributed by atoms with van der Waals surface area (Å²) in [6.45, 7) is 3.27. The molecule has 1 aliphatic carbocycles. The first-order valence-corrected chi connectivity index (χ1v) is 9.85. The highest BCUT2D eigenvalue weighted by Gasteiger charge is 2.32. The number of hydrogen-bond donors (Lipinski definition) is 0. The minimum atomic E-state index is 0.207. The Hall–Kier alpha value is -2.80. The standard InChI is InChI=1S/C21H23N5O2/c1-2-23-20(24-3-1)12-15-10-17(11-15)28-19-14-16(26-6-8-27-9-7-26)13-18-21(19)25-5-4-22-18/h1-5,13-15,17H,6-12H2. The first-order valence-electron chi connectivity index (χ1n) is 9.85. The summed E-state index contributed by atoms with van der Waals surface area (Å²) in [4.78, 5) is 20.0. The van der Waals surface area contributed by atoms with Gasteiger partial charge in [0.05, 0.1) is 24.8 Å². The average Bonchev–Trinajstić information content (AvgIpc) is 2.73. The molecule has 2 aliphatic rings. The molecule has 0 spiro atoms. The van der Waals surface area contributed by atoms with Crippen LogP contribution >= 0.6 is 0 Å². The minimum absolute atomic E-state index is 0.207. The maximum absolute atomic E-state index is 6.36. The van der Waals surface area contributed by atoms with E-state index in [1.165, 1.54) is 0 Å². The van der Waals surface area contributed by atoms with E-state index in [0.29, 0.717) is 5.92 Å². The van der Waals surface area contributed by atoms with E-state index in [4.69, 9.17) is 9.47 Å². The summed E-state index contributed by atoms with van der Waals surface area (Å²) in [7, 11) is 0. The van der Waals surface area contributed by atoms with Crippen molar-refractivity contribution in [1.29, 1.82) is 0 Å². The molecule has 1 aliphatic heterocycles. The first kappa shape index (κ1) is 17.3. The van der Waals surface area contributed by atoms with E-state index in [-0.39, 0.29) is 6.10 Å². The second kappa shape index (κ2) is 7.67. The predicted molar refractivity (Wildman–Crippen MR) is 105 cm³/mol. The lowest BCUT2D eigenvalue weighted by atomic mass is 9.80. The second-order valence-corrected chi connectivity index (χ2v) is 7.41. The summed E-state index contributed by atoms with van der Waals surface area (Å²) >= 11 is 0. The molecule has 0 N–H and O–H groups in total. The van der Waals surface area contributed by atoms with E-state index in [1.54, 1.807) is 24.8 Å². The fraction of sp³-hybridized carbons (Fsp3) is 0.429. The summed E-state index contributed by atoms with van der Waals surface area (Å²) in [5.41, 5.74) is 2.82. The van der Waals surface area contributed by atoms with Crippen molar-refractivity contribution < 1.29 is 9.47 Å². The normalized spacial score (nSPS) is 22.1. The molecule has 28 heavy (non-hydrogen) atoms. The van der Waals surface area contributed by atoms with Gasteiger partial charge in [-0.25, -0.2) is 15.0 Å². The highest BCUT2D eigenvalue weighted by Crippen LogP contribution is 2.37. The van der Waals surface area contributed by atoms with Crippen LogP contribution < -0.4 is 9.64 Å². The van der Waals surface area contributed by atoms with Gasteiger partial charge in [-0.2, -0.15) is 0 Å². The van der Waals surface area contributed by atoms with Crippen molar-refractivity contribution in [3.63, 3.8) is 0 Å². The third kappa shape index (κ3) is 3.62. The number of nitrogens with zero attached hydrogens (tertiary/aromatic N) is 5. The molecular weight excluding hydrogens is 354 g/mol. The number of aromatic nitrogens is 4. The van der Waals surface area contributed by atoms with Crippen molar-refractivity contribution in [2.24, 2.45) is 5.92 Å². The molecule has 144 valence electrons. The van der Waals surface area contributed by atoms with Crippen LogP contribution in [0.4, 0.5) is 5.69 Å². The molecule has 0 bridgehead atoms. The topological polar surface area (TPSA) is 73.3 Å². The third-order valence-corrected chi connectivity index (χ3v) is 5.48. The number of rotatable bonds is 5. The van der Waals surface area contributed by atoms with E-state index in [0.717, 1.165) is 73.9 Å². The van der Waals surface area contributed by atoms with Crippen molar-refractivity contribution >= 4 is 16.7 Å². The van der Waals surface area contributed by atoms with Crippen molar-refractivity contribution in [2.45, 2.75) is 25.4 Å². The Balaban J connectivity index is 1.31. The molecule has 1 saturated heterocycles. The lowest BCUT2D eigenvalue weighted by Gasteiger charge is -2.35. The van der Waals surface area contributed by atoms with Gasteiger partial charge in [0.25, 0.3) is 0 Å². The van der Waals surface area contributed by atoms with E-state index in [1.807, 2.05) is 6.07 Å². The molecule has 0 unspecified atom stereocenters. The van der Waals surface area contributed by atoms with Crippen LogP contribution in [0.2, 0.25) is 0 Å². The van der Waals surface area contributed by atoms with Crippen LogP contribution in [0.3, 0.4) is 0 Å². The lowest BCUT2D eigenvalue weighted by molar-refractivity contribution is 0.0653. The molecule has 0 atom stereocenters. The van der Waals surface area contributed by atoms with Gasteiger partial charge in [0, 0.05) is 56.1 Å². The molecule has 3 aromatic rings. The van der Waals surface area contributed by atoms with Crippen molar-refractivity contribution in [3.05, 3.63) is 48.8 Å². The number of anilines is 1. The minimum Gasteiger partial charge on any atom is -0.488 e. The van der Waals surface area contributed by atoms with E-state index >= 15 is 0 Å². The molecule has 0 radical (unpaired) electrons. The van der Waals surface area contributed by atoms with E-state index in [2.05, 4.69) is 37.0 Å². The van der Waals surface area contributed by atoms with Gasteiger partial charge in [0.2, 0.25) is 0 Å². The van der Waals surface area contributed by atoms with Crippen molar-refractivity contribution in [1.82, 2.24) is 19.9 Å². The highest BCUT2D eigenvalue weighted by atomic mass is 16.5. The summed E-state index contributed by atoms with van der Waals surface area (Å²) in [6.07, 6.45) is 10.2. The van der Waals surface area contributed by atoms with Gasteiger partial charge >= 0.3 is 0 Å². The Kier molecular flexibility index (Phi) is 4.74. The molecule has 2 aromatic heterocycles. The van der Waals surface area contributed by atoms with Crippen LogP contribution in [-0.4, -0.2) is 52.3 Å². The van der Waals surface area contributed by atoms with Gasteiger partial charge in [-0.3, -0.25) is 4.98 Å². The maximum Gasteiger partial charge on any atom is 0.149 e. The molecule has 1 aromatic carbocycles. The average molecular weight is 377 g/mol. The number of benzene rings is 1. The molecule has 1 saturated carbocycles. The Morgan fingerprint density at radius 1 is 0.964 bits per heavy atom. The van der Waals surface area contributed by atoms with Gasteiger partial charge in [-0.15, -0.1) is 0 Å². The molecule has 0 amide bonds. The molecule has 7 heteroatoms. The summed E-state index contributed by atoms with van der Waals surface area (Å²) < 4.78 is 11.8. The Labute approximate surface area is 163 Å². The first-order chi connectivity index (χ1) is 13.8. The smallest absolute Gasteiger partial charge is 0.149 e. The molecule has 3 heterocycles. The predicted octanol–water partition coefficient (Wildman–Crippen LogP) is 2.66. The Bertz CT molecular complexity index is 940. The maximum atomic E-state index is 6.36. The van der Waals surface area contributed by atoms with Crippen LogP contribution in [0.5, 0.6) is 5.75 Å². The summed E-state index contributed by atoms with van der Waals surface area (Å²) in [6, 6.07) is 6.05. The van der Waals surface area contributed by atoms with Crippen LogP contribution in [0.1, 0.15) is 18.7 Å². The van der Waals surface area contributed by atoms with Crippen LogP contribution in [0.25, 0.3) is 11.0 Å². The lowest BCUT2D eigenvalue weighted by Crippen LogP contribution is -2.37. The SMILES string of the molecule is c1cnc(CC2CC(Oc3cc(N4CCOCC4)cc4nccnc34)C2)nc1. The quantitative estimate of drug-likeness (QED) is 0.677. The van der Waals surface area contributed by atoms with Crippen LogP contribution in [-0.2, 0) is 11.2 Å². The zero-order valence-electron chi connectivity index (χ0n) is 15.7. The largest absolute Gasteiger partial charge is 0.488 e. The summed E-state index contributed by atoms with van der Waals surface area (Å²) in [5.74, 6) is 2.32. The fourth-order valence-corrected chi connectivity index (χ4v) is 3.93. The molecule has 2 fully saturated rings. The summed E-state index contributed by atoms with van der Waals surface area (Å²) in [5, 5.41) is 0. The third-order valence-electron chi connectivity index (χ3n) is 5.48. The number of morpholine rings is 1. The van der Waals surface area contributed by atoms with Gasteiger partial charge in [0.15, 0.2) is 0 Å². The monoisotopic (exact) mass is 377 g/mol. The number of hydrogen-bond acceptors (Lipinski definition) is 7. The molecular formula is C21H23N5O2. The van der Waals surface area contributed by atoms with Gasteiger partial charge in [0.1, 0.15) is 17.1 Å². The van der Waals surface area contributed by atoms with Gasteiger partial charge in [-0.05, 0) is 30.9 Å². The van der Waals surface area contributed by atoms with Gasteiger partial charge < -0.3 is 14.4 Å². The second-order valence-electron chi connectivity index (χ2n) is 7.41. The zero-order chi connectivity index (χ0) is 18.8. The fourth-order valence-electron chi connectivity index (χ4n) is 3.93. The van der Waals surface area contributed by atoms with Crippen molar-refractivity contribution in [3.8, 4) is 5.75 Å². The van der Waals surface area contributed by atoms with Crippen LogP contribution in [0, 0.1) is 5.92 Å². The zero-order valence-corrected chi connectivity index (χ0v) is 15.7. The molecule has 7 nitrogen and oxygen atoms in total. The molecule has 5 rings (SSSR count). The van der Waals surface area contributed by atoms with Crippen LogP contribution in [0.15, 0.2) is 43.0 Å². The number of ether oxygens (including phenoxy) is 2. The van der Waals surface area contributed by atoms with E-state index in [9.17, 15) is 0 Å². The Morgan fingerprint density at radius 2 is 1.75 bits per heavy atom. The number of fused-ring (bicyclic) bond motifs is 1.